The number of methoxy groups -OCH3 is 1. The van der Waals surface area contributed by atoms with Crippen molar-refractivity contribution in [3.05, 3.63) is 23.8 Å². The van der Waals surface area contributed by atoms with E-state index >= 15 is 0 Å². The molecule has 0 aromatic carbocycles. The Labute approximate surface area is 75.3 Å². The van der Waals surface area contributed by atoms with E-state index in [2.05, 4.69) is 47.7 Å². The summed E-state index contributed by atoms with van der Waals surface area (Å²) in [4.78, 5) is 0. The summed E-state index contributed by atoms with van der Waals surface area (Å²) in [6.07, 6.45) is 7.39. The third-order valence-corrected chi connectivity index (χ3v) is 2.75. The minimum absolute atomic E-state index is 0.0867. The molecule has 0 N–H and O–H groups in total. The molecule has 0 bridgehead atoms. The third-order valence-electron chi connectivity index (χ3n) is 1.56. The van der Waals surface area contributed by atoms with Crippen LogP contribution in [-0.2, 0) is 4.74 Å². The zero-order valence-electron chi connectivity index (χ0n) is 6.23. The van der Waals surface area contributed by atoms with Crippen LogP contribution in [0.2, 0.25) is 0 Å². The first-order chi connectivity index (χ1) is 4.66. The van der Waals surface area contributed by atoms with Crippen molar-refractivity contribution in [2.45, 2.75) is 17.0 Å². The lowest BCUT2D eigenvalue weighted by atomic mass is 10.1. The van der Waals surface area contributed by atoms with Crippen molar-refractivity contribution in [1.82, 2.24) is 0 Å². The summed E-state index contributed by atoms with van der Waals surface area (Å²) in [5.41, 5.74) is 1.28. The van der Waals surface area contributed by atoms with Gasteiger partial charge in [-0.1, -0.05) is 17.7 Å². The highest BCUT2D eigenvalue weighted by molar-refractivity contribution is 14.1. The van der Waals surface area contributed by atoms with Gasteiger partial charge in [-0.3, -0.25) is 0 Å². The van der Waals surface area contributed by atoms with Crippen molar-refractivity contribution < 1.29 is 4.74 Å². The quantitative estimate of drug-likeness (QED) is 0.513. The van der Waals surface area contributed by atoms with Crippen LogP contribution in [0.1, 0.15) is 13.3 Å². The van der Waals surface area contributed by atoms with Crippen LogP contribution in [0.5, 0.6) is 0 Å². The summed E-state index contributed by atoms with van der Waals surface area (Å²) in [5.74, 6) is 0. The second-order valence-corrected chi connectivity index (χ2v) is 4.31. The topological polar surface area (TPSA) is 9.23 Å². The highest BCUT2D eigenvalue weighted by atomic mass is 127. The van der Waals surface area contributed by atoms with E-state index in [9.17, 15) is 0 Å². The Morgan fingerprint density at radius 2 is 2.40 bits per heavy atom. The predicted octanol–water partition coefficient (Wildman–Crippen LogP) is 2.67. The molecule has 10 heavy (non-hydrogen) atoms. The monoisotopic (exact) mass is 250 g/mol. The van der Waals surface area contributed by atoms with Crippen molar-refractivity contribution in [2.24, 2.45) is 0 Å². The van der Waals surface area contributed by atoms with Gasteiger partial charge in [0, 0.05) is 13.5 Å². The summed E-state index contributed by atoms with van der Waals surface area (Å²) in [5, 5.41) is 0. The molecule has 1 unspecified atom stereocenters. The van der Waals surface area contributed by atoms with Gasteiger partial charge in [0.1, 0.15) is 3.61 Å². The molecule has 1 aliphatic carbocycles. The fourth-order valence-corrected chi connectivity index (χ4v) is 1.74. The van der Waals surface area contributed by atoms with Gasteiger partial charge in [-0.15, -0.1) is 0 Å². The normalized spacial score (nSPS) is 32.1. The Morgan fingerprint density at radius 1 is 1.70 bits per heavy atom. The van der Waals surface area contributed by atoms with E-state index in [1.54, 1.807) is 7.11 Å². The Hall–Kier alpha value is 0.170. The number of ether oxygens (including phenoxy) is 1. The zero-order valence-corrected chi connectivity index (χ0v) is 8.38. The third kappa shape index (κ3) is 1.83. The smallest absolute Gasteiger partial charge is 0.140 e. The summed E-state index contributed by atoms with van der Waals surface area (Å²) >= 11 is 2.32. The van der Waals surface area contributed by atoms with E-state index in [4.69, 9.17) is 4.74 Å². The summed E-state index contributed by atoms with van der Waals surface area (Å²) in [6.45, 7) is 2.09. The largest absolute Gasteiger partial charge is 0.364 e. The molecule has 0 fully saturated rings. The van der Waals surface area contributed by atoms with Crippen LogP contribution in [0.4, 0.5) is 0 Å². The van der Waals surface area contributed by atoms with Gasteiger partial charge in [0.25, 0.3) is 0 Å². The van der Waals surface area contributed by atoms with E-state index in [-0.39, 0.29) is 3.61 Å². The minimum atomic E-state index is -0.0867. The van der Waals surface area contributed by atoms with Gasteiger partial charge in [0.05, 0.1) is 0 Å². The molecule has 0 aromatic rings. The molecule has 0 aromatic heterocycles. The number of alkyl halides is 1. The Kier molecular flexibility index (Phi) is 2.52. The number of rotatable bonds is 1. The second kappa shape index (κ2) is 3.05. The van der Waals surface area contributed by atoms with Crippen molar-refractivity contribution in [2.75, 3.05) is 7.11 Å². The lowest BCUT2D eigenvalue weighted by Gasteiger charge is -2.23. The van der Waals surface area contributed by atoms with Crippen LogP contribution in [0.25, 0.3) is 0 Å². The first-order valence-electron chi connectivity index (χ1n) is 3.26. The maximum atomic E-state index is 5.31. The molecular formula is C8H11IO. The standard InChI is InChI=1S/C8H11IO/c1-7-4-3-5-8(9,6-7)10-2/h3-4,6H,5H2,1-2H3. The number of halogens is 1. The maximum Gasteiger partial charge on any atom is 0.140 e. The molecule has 0 aliphatic heterocycles. The van der Waals surface area contributed by atoms with Crippen LogP contribution in [0, 0.1) is 0 Å². The van der Waals surface area contributed by atoms with E-state index in [0.717, 1.165) is 6.42 Å². The highest BCUT2D eigenvalue weighted by Gasteiger charge is 2.22. The van der Waals surface area contributed by atoms with Crippen LogP contribution in [0.15, 0.2) is 23.8 Å². The Morgan fingerprint density at radius 3 is 2.80 bits per heavy atom. The van der Waals surface area contributed by atoms with Gasteiger partial charge in [-0.05, 0) is 35.6 Å². The van der Waals surface area contributed by atoms with Gasteiger partial charge in [-0.2, -0.15) is 0 Å². The fraction of sp³-hybridized carbons (Fsp3) is 0.500. The molecule has 0 saturated carbocycles. The molecule has 0 heterocycles. The van der Waals surface area contributed by atoms with Crippen LogP contribution >= 0.6 is 22.6 Å². The van der Waals surface area contributed by atoms with Crippen LogP contribution < -0.4 is 0 Å². The SMILES string of the molecule is COC1(I)C=C(C)C=CC1. The van der Waals surface area contributed by atoms with E-state index in [1.807, 2.05) is 0 Å². The number of hydrogen-bond acceptors (Lipinski definition) is 1. The van der Waals surface area contributed by atoms with Gasteiger partial charge >= 0.3 is 0 Å². The maximum absolute atomic E-state index is 5.31. The molecule has 56 valence electrons. The average Bonchev–Trinajstić information content (AvgIpc) is 1.88. The van der Waals surface area contributed by atoms with Gasteiger partial charge in [-0.25, -0.2) is 0 Å². The summed E-state index contributed by atoms with van der Waals surface area (Å²) in [6, 6.07) is 0. The van der Waals surface area contributed by atoms with Crippen molar-refractivity contribution >= 4 is 22.6 Å². The van der Waals surface area contributed by atoms with Crippen LogP contribution in [0.3, 0.4) is 0 Å². The molecule has 1 nitrogen and oxygen atoms in total. The molecule has 0 amide bonds. The lowest BCUT2D eigenvalue weighted by molar-refractivity contribution is 0.127. The van der Waals surface area contributed by atoms with Gasteiger partial charge in [0.2, 0.25) is 0 Å². The van der Waals surface area contributed by atoms with E-state index in [1.165, 1.54) is 5.57 Å². The Balaban J connectivity index is 2.76. The predicted molar refractivity (Wildman–Crippen MR) is 51.3 cm³/mol. The lowest BCUT2D eigenvalue weighted by Crippen LogP contribution is -2.20. The molecule has 1 rings (SSSR count). The number of hydrogen-bond donors (Lipinski definition) is 0. The van der Waals surface area contributed by atoms with Gasteiger partial charge < -0.3 is 4.74 Å². The second-order valence-electron chi connectivity index (χ2n) is 2.49. The minimum Gasteiger partial charge on any atom is -0.364 e. The first-order valence-corrected chi connectivity index (χ1v) is 4.34. The van der Waals surface area contributed by atoms with Crippen LogP contribution in [-0.4, -0.2) is 10.7 Å². The van der Waals surface area contributed by atoms with E-state index < -0.39 is 0 Å². The first kappa shape index (κ1) is 8.27. The summed E-state index contributed by atoms with van der Waals surface area (Å²) in [7, 11) is 1.75. The molecule has 0 radical (unpaired) electrons. The molecule has 1 aliphatic rings. The molecule has 2 heteroatoms. The molecule has 0 spiro atoms. The van der Waals surface area contributed by atoms with Crippen molar-refractivity contribution in [3.63, 3.8) is 0 Å². The average molecular weight is 250 g/mol. The highest BCUT2D eigenvalue weighted by Crippen LogP contribution is 2.30. The molecular weight excluding hydrogens is 239 g/mol. The molecule has 1 atom stereocenters. The van der Waals surface area contributed by atoms with Crippen molar-refractivity contribution in [3.8, 4) is 0 Å². The number of allylic oxidation sites excluding steroid dienone is 2. The fourth-order valence-electron chi connectivity index (χ4n) is 0.995. The zero-order chi connectivity index (χ0) is 7.61. The van der Waals surface area contributed by atoms with Crippen molar-refractivity contribution in [1.29, 1.82) is 0 Å². The summed E-state index contributed by atoms with van der Waals surface area (Å²) < 4.78 is 5.22. The Bertz CT molecular complexity index is 184. The molecule has 0 saturated heterocycles. The van der Waals surface area contributed by atoms with Gasteiger partial charge in [0.15, 0.2) is 0 Å². The van der Waals surface area contributed by atoms with E-state index in [0.29, 0.717) is 0 Å².